The summed E-state index contributed by atoms with van der Waals surface area (Å²) in [7, 11) is 0. The lowest BCUT2D eigenvalue weighted by Gasteiger charge is -2.40. The van der Waals surface area contributed by atoms with Crippen LogP contribution in [0.25, 0.3) is 0 Å². The van der Waals surface area contributed by atoms with Crippen LogP contribution in [0.2, 0.25) is 0 Å². The molecule has 0 radical (unpaired) electrons. The molecular weight excluding hydrogens is 425 g/mol. The third-order valence-corrected chi connectivity index (χ3v) is 6.22. The average Bonchev–Trinajstić information content (AvgIpc) is 3.20. The van der Waals surface area contributed by atoms with Crippen molar-refractivity contribution in [2.75, 3.05) is 19.7 Å². The van der Waals surface area contributed by atoms with E-state index < -0.39 is 16.9 Å². The molecule has 0 atom stereocenters. The van der Waals surface area contributed by atoms with Crippen molar-refractivity contribution in [2.24, 2.45) is 0 Å². The van der Waals surface area contributed by atoms with Gasteiger partial charge < -0.3 is 14.7 Å². The van der Waals surface area contributed by atoms with Gasteiger partial charge in [-0.2, -0.15) is 0 Å². The van der Waals surface area contributed by atoms with E-state index in [1.165, 1.54) is 24.3 Å². The Kier molecular flexibility index (Phi) is 6.55. The molecule has 8 heteroatoms. The molecular formula is C25H26FN3O4. The van der Waals surface area contributed by atoms with Crippen molar-refractivity contribution in [3.63, 3.8) is 0 Å². The zero-order chi connectivity index (χ0) is 23.4. The molecule has 1 aliphatic heterocycles. The number of rotatable bonds is 7. The van der Waals surface area contributed by atoms with E-state index >= 15 is 0 Å². The summed E-state index contributed by atoms with van der Waals surface area (Å²) in [6.45, 7) is 3.63. The first kappa shape index (κ1) is 22.7. The quantitative estimate of drug-likeness (QED) is 0.425. The smallest absolute Gasteiger partial charge is 0.323 e. The molecule has 2 N–H and O–H groups in total. The third-order valence-electron chi connectivity index (χ3n) is 6.22. The minimum Gasteiger partial charge on any atom is -0.465 e. The standard InChI is InChI=1S/C25H26FN3O4/c1-2-33-23(31)25(18-6-4-3-5-7-18)12-14-29(15-13-25)16-20-21(28-24(32)27-20)22(30)17-8-10-19(26)11-9-17/h3-11H,2,12-16H2,1H3,(H2,27,28,32). The Morgan fingerprint density at radius 2 is 1.70 bits per heavy atom. The van der Waals surface area contributed by atoms with Gasteiger partial charge in [-0.3, -0.25) is 14.5 Å². The predicted molar refractivity (Wildman–Crippen MR) is 121 cm³/mol. The second kappa shape index (κ2) is 9.54. The molecule has 33 heavy (non-hydrogen) atoms. The largest absolute Gasteiger partial charge is 0.465 e. The van der Waals surface area contributed by atoms with Gasteiger partial charge in [-0.05, 0) is 62.7 Å². The number of nitrogens with zero attached hydrogens (tertiary/aromatic N) is 1. The second-order valence-corrected chi connectivity index (χ2v) is 8.21. The zero-order valence-electron chi connectivity index (χ0n) is 18.4. The lowest BCUT2D eigenvalue weighted by atomic mass is 9.72. The van der Waals surface area contributed by atoms with Gasteiger partial charge in [0, 0.05) is 12.1 Å². The summed E-state index contributed by atoms with van der Waals surface area (Å²) in [6.07, 6.45) is 1.12. The van der Waals surface area contributed by atoms with Gasteiger partial charge in [-0.1, -0.05) is 30.3 Å². The van der Waals surface area contributed by atoms with E-state index in [4.69, 9.17) is 4.74 Å². The van der Waals surface area contributed by atoms with Gasteiger partial charge in [0.05, 0.1) is 17.7 Å². The van der Waals surface area contributed by atoms with Crippen molar-refractivity contribution in [1.82, 2.24) is 14.9 Å². The molecule has 2 aromatic carbocycles. The average molecular weight is 451 g/mol. The number of hydrogen-bond donors (Lipinski definition) is 2. The van der Waals surface area contributed by atoms with Crippen LogP contribution in [0.1, 0.15) is 47.1 Å². The number of piperidine rings is 1. The fourth-order valence-electron chi connectivity index (χ4n) is 4.43. The number of aromatic amines is 2. The summed E-state index contributed by atoms with van der Waals surface area (Å²) in [6, 6.07) is 14.9. The lowest BCUT2D eigenvalue weighted by molar-refractivity contribution is -0.152. The number of esters is 1. The van der Waals surface area contributed by atoms with Crippen molar-refractivity contribution in [3.05, 3.63) is 93.4 Å². The van der Waals surface area contributed by atoms with Gasteiger partial charge in [-0.15, -0.1) is 0 Å². The first-order valence-electron chi connectivity index (χ1n) is 11.0. The van der Waals surface area contributed by atoms with Gasteiger partial charge in [0.1, 0.15) is 11.5 Å². The second-order valence-electron chi connectivity index (χ2n) is 8.21. The van der Waals surface area contributed by atoms with Crippen LogP contribution < -0.4 is 5.69 Å². The number of ether oxygens (including phenoxy) is 1. The summed E-state index contributed by atoms with van der Waals surface area (Å²) in [5.41, 5.74) is 0.668. The molecule has 0 unspecified atom stereocenters. The molecule has 0 bridgehead atoms. The number of nitrogens with one attached hydrogen (secondary N) is 2. The van der Waals surface area contributed by atoms with Crippen LogP contribution >= 0.6 is 0 Å². The minimum absolute atomic E-state index is 0.164. The van der Waals surface area contributed by atoms with E-state index in [-0.39, 0.29) is 23.0 Å². The van der Waals surface area contributed by atoms with E-state index in [0.29, 0.717) is 44.8 Å². The Morgan fingerprint density at radius 1 is 1.03 bits per heavy atom. The number of carbonyl (C=O) groups is 2. The van der Waals surface area contributed by atoms with Crippen LogP contribution in [-0.4, -0.2) is 46.3 Å². The molecule has 1 aliphatic rings. The molecule has 2 heterocycles. The van der Waals surface area contributed by atoms with Gasteiger partial charge in [0.25, 0.3) is 0 Å². The predicted octanol–water partition coefficient (Wildman–Crippen LogP) is 3.17. The topological polar surface area (TPSA) is 95.3 Å². The summed E-state index contributed by atoms with van der Waals surface area (Å²) in [5, 5.41) is 0. The molecule has 0 saturated carbocycles. The number of H-pyrrole nitrogens is 2. The van der Waals surface area contributed by atoms with Crippen LogP contribution in [-0.2, 0) is 21.5 Å². The normalized spacial score (nSPS) is 15.8. The van der Waals surface area contributed by atoms with Crippen molar-refractivity contribution in [2.45, 2.75) is 31.7 Å². The lowest BCUT2D eigenvalue weighted by Crippen LogP contribution is -2.48. The fourth-order valence-corrected chi connectivity index (χ4v) is 4.43. The highest BCUT2D eigenvalue weighted by atomic mass is 19.1. The van der Waals surface area contributed by atoms with E-state index in [2.05, 4.69) is 14.9 Å². The van der Waals surface area contributed by atoms with Crippen LogP contribution in [0.15, 0.2) is 59.4 Å². The van der Waals surface area contributed by atoms with E-state index in [1.54, 1.807) is 6.92 Å². The maximum atomic E-state index is 13.2. The first-order valence-corrected chi connectivity index (χ1v) is 11.0. The van der Waals surface area contributed by atoms with Crippen LogP contribution in [0.5, 0.6) is 0 Å². The zero-order valence-corrected chi connectivity index (χ0v) is 18.4. The molecule has 0 spiro atoms. The maximum absolute atomic E-state index is 13.2. The molecule has 1 saturated heterocycles. The SMILES string of the molecule is CCOC(=O)C1(c2ccccc2)CCN(Cc2[nH]c(=O)[nH]c2C(=O)c2ccc(F)cc2)CC1. The highest BCUT2D eigenvalue weighted by Gasteiger charge is 2.44. The molecule has 7 nitrogen and oxygen atoms in total. The number of halogens is 1. The van der Waals surface area contributed by atoms with E-state index in [0.717, 1.165) is 5.56 Å². The molecule has 4 rings (SSSR count). The number of carbonyl (C=O) groups excluding carboxylic acids is 2. The molecule has 172 valence electrons. The third kappa shape index (κ3) is 4.66. The summed E-state index contributed by atoms with van der Waals surface area (Å²) in [5.74, 6) is -1.05. The van der Waals surface area contributed by atoms with Gasteiger partial charge in [0.2, 0.25) is 5.78 Å². The van der Waals surface area contributed by atoms with Crippen LogP contribution in [0, 0.1) is 5.82 Å². The van der Waals surface area contributed by atoms with Gasteiger partial charge >= 0.3 is 11.7 Å². The van der Waals surface area contributed by atoms with Crippen molar-refractivity contribution in [3.8, 4) is 0 Å². The Labute approximate surface area is 190 Å². The van der Waals surface area contributed by atoms with Gasteiger partial charge in [-0.25, -0.2) is 9.18 Å². The molecule has 3 aromatic rings. The Morgan fingerprint density at radius 3 is 2.33 bits per heavy atom. The highest BCUT2D eigenvalue weighted by molar-refractivity contribution is 6.08. The number of likely N-dealkylation sites (tertiary alicyclic amines) is 1. The molecule has 0 aliphatic carbocycles. The Bertz CT molecular complexity index is 1180. The Hall–Kier alpha value is -3.52. The Balaban J connectivity index is 1.52. The number of hydrogen-bond acceptors (Lipinski definition) is 5. The summed E-state index contributed by atoms with van der Waals surface area (Å²) < 4.78 is 18.6. The summed E-state index contributed by atoms with van der Waals surface area (Å²) in [4.78, 5) is 45.2. The maximum Gasteiger partial charge on any atom is 0.323 e. The number of aromatic nitrogens is 2. The number of benzene rings is 2. The number of ketones is 1. The van der Waals surface area contributed by atoms with E-state index in [1.807, 2.05) is 30.3 Å². The number of imidazole rings is 1. The van der Waals surface area contributed by atoms with Crippen molar-refractivity contribution >= 4 is 11.8 Å². The van der Waals surface area contributed by atoms with Gasteiger partial charge in [0.15, 0.2) is 0 Å². The van der Waals surface area contributed by atoms with E-state index in [9.17, 15) is 18.8 Å². The van der Waals surface area contributed by atoms with Crippen LogP contribution in [0.3, 0.4) is 0 Å². The molecule has 1 fully saturated rings. The van der Waals surface area contributed by atoms with Crippen LogP contribution in [0.4, 0.5) is 4.39 Å². The minimum atomic E-state index is -0.716. The summed E-state index contributed by atoms with van der Waals surface area (Å²) >= 11 is 0. The molecule has 1 aromatic heterocycles. The monoisotopic (exact) mass is 451 g/mol. The highest BCUT2D eigenvalue weighted by Crippen LogP contribution is 2.37. The first-order chi connectivity index (χ1) is 15.9. The van der Waals surface area contributed by atoms with Crippen molar-refractivity contribution < 1.29 is 18.7 Å². The molecule has 0 amide bonds. The van der Waals surface area contributed by atoms with Crippen molar-refractivity contribution in [1.29, 1.82) is 0 Å². The fraction of sp³-hybridized carbons (Fsp3) is 0.320.